The second kappa shape index (κ2) is 70.2. The van der Waals surface area contributed by atoms with Crippen molar-refractivity contribution in [3.63, 3.8) is 0 Å². The molecule has 1 N–H and O–H groups in total. The topological polar surface area (TPSA) is 180 Å². The Morgan fingerprint density at radius 2 is 1.35 bits per heavy atom. The van der Waals surface area contributed by atoms with E-state index in [4.69, 9.17) is 42.3 Å². The summed E-state index contributed by atoms with van der Waals surface area (Å²) in [5.74, 6) is 0.304. The van der Waals surface area contributed by atoms with E-state index in [-0.39, 0.29) is 40.7 Å². The summed E-state index contributed by atoms with van der Waals surface area (Å²) in [5, 5.41) is 1.38. The number of esters is 1. The van der Waals surface area contributed by atoms with Gasteiger partial charge in [-0.2, -0.15) is 5.06 Å². The number of hydrogen-bond acceptors (Lipinski definition) is 4. The third-order valence-electron chi connectivity index (χ3n) is 2.17. The van der Waals surface area contributed by atoms with Crippen molar-refractivity contribution in [2.75, 3.05) is 26.0 Å². The summed E-state index contributed by atoms with van der Waals surface area (Å²) in [6, 6.07) is -0.579. The van der Waals surface area contributed by atoms with Crippen LogP contribution in [-0.2, 0) is 89.0 Å². The van der Waals surface area contributed by atoms with Gasteiger partial charge in [0.2, 0.25) is 0 Å². The van der Waals surface area contributed by atoms with E-state index in [2.05, 4.69) is 59.5 Å². The second-order valence-corrected chi connectivity index (χ2v) is 4.02. The molecule has 0 saturated carbocycles. The van der Waals surface area contributed by atoms with Gasteiger partial charge in [0.25, 0.3) is 0 Å². The third kappa shape index (κ3) is 43.6. The first kappa shape index (κ1) is 57.2. The van der Waals surface area contributed by atoms with Gasteiger partial charge in [0.15, 0.2) is 0 Å². The Balaban J connectivity index is -0.0000000327. The Labute approximate surface area is 209 Å². The molecule has 2 atom stereocenters. The van der Waals surface area contributed by atoms with Crippen molar-refractivity contribution in [3.8, 4) is 0 Å². The average molecular weight is 544 g/mol. The van der Waals surface area contributed by atoms with E-state index >= 15 is 0 Å². The minimum absolute atomic E-state index is 0. The van der Waals surface area contributed by atoms with Crippen LogP contribution in [0.4, 0.5) is 0 Å². The Kier molecular flexibility index (Phi) is 129. The Morgan fingerprint density at radius 1 is 1.03 bits per heavy atom. The standard InChI is InChI=1S/C8H13NO4.C3H8S.6CO.2Fe/c1-3-12-8(11)7-6(4-10)5-13-9(7)2;1-2-3-4;6*1-2;;/h6-7,10H,3,5H2,1-2H3;4H,2-3H2,1H3;;;;;;;;/p+1/t6-,7-;;;;;;;;;/m0........./s1. The summed E-state index contributed by atoms with van der Waals surface area (Å²) >= 11 is 3.29. The molecular formula is C17H22Fe2NO10S+. The molecule has 1 fully saturated rings. The van der Waals surface area contributed by atoms with Gasteiger partial charge in [0.1, 0.15) is 11.8 Å². The zero-order chi connectivity index (χ0) is 25.3. The van der Waals surface area contributed by atoms with E-state index in [1.807, 2.05) is 6.29 Å². The van der Waals surface area contributed by atoms with E-state index in [9.17, 15) is 4.79 Å². The zero-order valence-corrected chi connectivity index (χ0v) is 20.0. The van der Waals surface area contributed by atoms with E-state index in [1.54, 1.807) is 14.0 Å². The number of likely N-dealkylation sites (N-methyl/N-ethyl adjacent to an activating group) is 1. The van der Waals surface area contributed by atoms with Crippen LogP contribution in [0.1, 0.15) is 20.3 Å². The minimum Gasteiger partial charge on any atom is 0 e. The second-order valence-electron chi connectivity index (χ2n) is 3.52. The van der Waals surface area contributed by atoms with Crippen molar-refractivity contribution in [2.45, 2.75) is 26.3 Å². The van der Waals surface area contributed by atoms with Crippen molar-refractivity contribution in [1.29, 1.82) is 0 Å². The largest absolute Gasteiger partial charge is 0 e. The van der Waals surface area contributed by atoms with E-state index in [1.165, 1.54) is 11.5 Å². The molecule has 0 aromatic heterocycles. The first-order valence-corrected chi connectivity index (χ1v) is 7.62. The Morgan fingerprint density at radius 3 is 1.58 bits per heavy atom. The van der Waals surface area contributed by atoms with Crippen LogP contribution in [0.5, 0.6) is 0 Å². The number of carbonyl (C=O) groups is 1. The van der Waals surface area contributed by atoms with E-state index in [0.29, 0.717) is 6.61 Å². The first-order chi connectivity index (χ1) is 14.1. The van der Waals surface area contributed by atoms with Crippen LogP contribution in [0.3, 0.4) is 0 Å². The molecule has 0 radical (unpaired) electrons. The molecule has 0 aromatic carbocycles. The zero-order valence-electron chi connectivity index (χ0n) is 16.8. The number of ether oxygens (including phenoxy) is 1. The fraction of sp³-hybridized carbons (Fsp3) is 0.529. The molecule has 0 spiro atoms. The number of nitrogens with zero attached hydrogens (tertiary/aromatic N) is 1. The van der Waals surface area contributed by atoms with Crippen LogP contribution in [0, 0.1) is 45.8 Å². The van der Waals surface area contributed by atoms with Gasteiger partial charge in [-0.05, 0) is 38.2 Å². The molecule has 176 valence electrons. The summed E-state index contributed by atoms with van der Waals surface area (Å²) < 4.78 is 49.8. The van der Waals surface area contributed by atoms with Crippen LogP contribution in [0.2, 0.25) is 0 Å². The molecule has 0 aromatic rings. The van der Waals surface area contributed by atoms with E-state index in [0.717, 1.165) is 5.75 Å². The molecule has 1 aliphatic rings. The molecular weight excluding hydrogens is 522 g/mol. The van der Waals surface area contributed by atoms with Gasteiger partial charge in [0, 0.05) is 41.2 Å². The van der Waals surface area contributed by atoms with Crippen LogP contribution in [0.25, 0.3) is 0 Å². The molecule has 1 saturated heterocycles. The number of carbonyl (C=O) groups excluding carboxylic acids is 2. The Bertz CT molecular complexity index is 419. The molecule has 0 unspecified atom stereocenters. The maximum absolute atomic E-state index is 11.3. The Hall–Kier alpha value is -1.11. The average Bonchev–Trinajstić information content (AvgIpc) is 3.22. The molecule has 1 heterocycles. The molecule has 0 bridgehead atoms. The predicted octanol–water partition coefficient (Wildman–Crippen LogP) is -0.359. The fourth-order valence-electron chi connectivity index (χ4n) is 1.27. The van der Waals surface area contributed by atoms with Crippen LogP contribution >= 0.6 is 0 Å². The molecule has 0 amide bonds. The van der Waals surface area contributed by atoms with Gasteiger partial charge >= 0.3 is 73.8 Å². The van der Waals surface area contributed by atoms with Crippen molar-refractivity contribution < 1.29 is 81.2 Å². The van der Waals surface area contributed by atoms with Crippen LogP contribution in [-0.4, -0.2) is 54.2 Å². The minimum atomic E-state index is -0.579. The van der Waals surface area contributed by atoms with Crippen molar-refractivity contribution in [3.05, 3.63) is 39.9 Å². The summed E-state index contributed by atoms with van der Waals surface area (Å²) in [4.78, 5) is 25.1. The predicted molar refractivity (Wildman–Crippen MR) is 93.5 cm³/mol. The summed E-state index contributed by atoms with van der Waals surface area (Å²) in [7, 11) is 1.62. The van der Waals surface area contributed by atoms with Gasteiger partial charge < -0.3 is 14.4 Å². The number of rotatable bonds is 4. The molecule has 11 nitrogen and oxygen atoms in total. The van der Waals surface area contributed by atoms with Gasteiger partial charge in [-0.3, -0.25) is 4.79 Å². The van der Waals surface area contributed by atoms with Crippen molar-refractivity contribution >= 4 is 24.9 Å². The van der Waals surface area contributed by atoms with Crippen molar-refractivity contribution in [2.24, 2.45) is 5.92 Å². The summed E-state index contributed by atoms with van der Waals surface area (Å²) in [5.41, 5.74) is 0. The fourth-order valence-corrected chi connectivity index (χ4v) is 1.27. The smallest absolute Gasteiger partial charge is 0 e. The maximum Gasteiger partial charge on any atom is 0 e. The van der Waals surface area contributed by atoms with Gasteiger partial charge in [-0.25, -0.2) is 0 Å². The summed E-state index contributed by atoms with van der Waals surface area (Å²) in [6.07, 6.45) is 3.25. The maximum atomic E-state index is 11.3. The third-order valence-corrected chi connectivity index (χ3v) is 2.67. The molecule has 14 heteroatoms. The van der Waals surface area contributed by atoms with Crippen LogP contribution in [0.15, 0.2) is 0 Å². The van der Waals surface area contributed by atoms with Crippen molar-refractivity contribution in [1.82, 2.24) is 5.06 Å². The SMILES string of the molecule is CCC[SH2+].CCOC(=O)[C@@H]1[C@@H]([C-]=[OH+])CON1C.[C-]#[O+].[C-]#[O+].[C-]#[O+].[C-]#[O+].[C-]#[O+].[C-]#[O+].[Fe].[Fe]. The number of hydrogen-bond donors (Lipinski definition) is 0. The molecule has 1 rings (SSSR count). The monoisotopic (exact) mass is 544 g/mol. The first-order valence-electron chi connectivity index (χ1n) is 6.91. The summed E-state index contributed by atoms with van der Waals surface area (Å²) in [6.45, 7) is 31.4. The quantitative estimate of drug-likeness (QED) is 0.203. The van der Waals surface area contributed by atoms with Gasteiger partial charge in [-0.15, -0.1) is 0 Å². The van der Waals surface area contributed by atoms with Crippen LogP contribution < -0.4 is 0 Å². The molecule has 1 aliphatic heterocycles. The van der Waals surface area contributed by atoms with Gasteiger partial charge in [-0.1, -0.05) is 6.92 Å². The normalized spacial score (nSPS) is 13.4. The van der Waals surface area contributed by atoms with E-state index < -0.39 is 17.9 Å². The molecule has 0 aliphatic carbocycles. The molecule has 31 heavy (non-hydrogen) atoms. The number of hydroxylamine groups is 2. The van der Waals surface area contributed by atoms with Gasteiger partial charge in [0.05, 0.1) is 13.2 Å².